The summed E-state index contributed by atoms with van der Waals surface area (Å²) in [5, 5.41) is 13.4. The van der Waals surface area contributed by atoms with Crippen LogP contribution in [0.3, 0.4) is 0 Å². The summed E-state index contributed by atoms with van der Waals surface area (Å²) in [6, 6.07) is 2.97. The monoisotopic (exact) mass is 455 g/mol. The van der Waals surface area contributed by atoms with Crippen LogP contribution in [0.4, 0.5) is 0 Å². The highest BCUT2D eigenvalue weighted by Crippen LogP contribution is 2.46. The van der Waals surface area contributed by atoms with Gasteiger partial charge in [-0.1, -0.05) is 0 Å². The van der Waals surface area contributed by atoms with Crippen molar-refractivity contribution < 1.29 is 8.37 Å². The zero-order valence-corrected chi connectivity index (χ0v) is 20.5. The summed E-state index contributed by atoms with van der Waals surface area (Å²) in [5.74, 6) is 0.725. The van der Waals surface area contributed by atoms with Gasteiger partial charge in [0.1, 0.15) is 25.1 Å². The van der Waals surface area contributed by atoms with Gasteiger partial charge in [-0.25, -0.2) is 5.43 Å². The van der Waals surface area contributed by atoms with E-state index in [4.69, 9.17) is 8.37 Å². The largest absolute Gasteiger partial charge is 0.311 e. The topological polar surface area (TPSA) is 82.5 Å². The lowest BCUT2D eigenvalue weighted by molar-refractivity contribution is 0.0443. The molecule has 4 fully saturated rings. The molecule has 0 bridgehead atoms. The second-order valence-corrected chi connectivity index (χ2v) is 12.6. The highest BCUT2D eigenvalue weighted by atomic mass is 32.2. The lowest BCUT2D eigenvalue weighted by Crippen LogP contribution is -2.61. The zero-order chi connectivity index (χ0) is 21.5. The Hall–Kier alpha value is -0.0500. The molecule has 170 valence electrons. The number of nitrogens with one attached hydrogen (secondary N) is 2. The van der Waals surface area contributed by atoms with Gasteiger partial charge in [0.15, 0.2) is 0 Å². The van der Waals surface area contributed by atoms with Gasteiger partial charge in [0.25, 0.3) is 0 Å². The van der Waals surface area contributed by atoms with Crippen molar-refractivity contribution in [2.24, 2.45) is 11.8 Å². The van der Waals surface area contributed by atoms with Gasteiger partial charge >= 0.3 is 0 Å². The van der Waals surface area contributed by atoms with Gasteiger partial charge in [0, 0.05) is 23.0 Å². The second kappa shape index (κ2) is 9.06. The molecule has 6 atom stereocenters. The van der Waals surface area contributed by atoms with Crippen molar-refractivity contribution in [3.63, 3.8) is 0 Å². The smallest absolute Gasteiger partial charge is 0.115 e. The summed E-state index contributed by atoms with van der Waals surface area (Å²) in [6.07, 6.45) is 6.97. The van der Waals surface area contributed by atoms with E-state index >= 15 is 0 Å². The number of hydrogen-bond donors (Lipinski definition) is 2. The number of fused-ring (bicyclic) bond motifs is 1. The summed E-state index contributed by atoms with van der Waals surface area (Å²) in [5.41, 5.74) is 3.69. The molecule has 4 rings (SSSR count). The highest BCUT2D eigenvalue weighted by molar-refractivity contribution is 7.95. The molecule has 0 amide bonds. The van der Waals surface area contributed by atoms with E-state index in [1.807, 2.05) is 0 Å². The van der Waals surface area contributed by atoms with Gasteiger partial charge in [-0.15, -0.1) is 4.41 Å². The van der Waals surface area contributed by atoms with Gasteiger partial charge in [0.2, 0.25) is 0 Å². The number of rotatable bonds is 6. The highest BCUT2D eigenvalue weighted by Gasteiger charge is 2.48. The minimum Gasteiger partial charge on any atom is -0.311 e. The first-order valence-electron chi connectivity index (χ1n) is 11.2. The molecule has 1 saturated carbocycles. The molecule has 3 aliphatic heterocycles. The third-order valence-corrected chi connectivity index (χ3v) is 8.67. The molecule has 7 nitrogen and oxygen atoms in total. The van der Waals surface area contributed by atoms with Crippen molar-refractivity contribution in [1.82, 2.24) is 20.1 Å². The molecular weight excluding hydrogens is 418 g/mol. The molecule has 0 radical (unpaired) electrons. The van der Waals surface area contributed by atoms with Gasteiger partial charge in [0.05, 0.1) is 17.4 Å². The molecule has 0 aromatic carbocycles. The number of nitrogens with zero attached hydrogens (tertiary/aromatic N) is 3. The Morgan fingerprint density at radius 1 is 1.23 bits per heavy atom. The number of nitriles is 1. The number of hydrazine groups is 1. The summed E-state index contributed by atoms with van der Waals surface area (Å²) in [6.45, 7) is 9.75. The molecule has 30 heavy (non-hydrogen) atoms. The van der Waals surface area contributed by atoms with Gasteiger partial charge in [-0.2, -0.15) is 5.26 Å². The lowest BCUT2D eigenvalue weighted by atomic mass is 9.77. The van der Waals surface area contributed by atoms with Crippen LogP contribution in [0.15, 0.2) is 0 Å². The number of piperidine rings is 1. The summed E-state index contributed by atoms with van der Waals surface area (Å²) >= 11 is 3.04. The van der Waals surface area contributed by atoms with E-state index in [1.165, 1.54) is 12.2 Å². The van der Waals surface area contributed by atoms with Crippen LogP contribution in [0.1, 0.15) is 66.2 Å². The third-order valence-electron chi connectivity index (χ3n) is 6.91. The Labute approximate surface area is 190 Å². The van der Waals surface area contributed by atoms with Crippen molar-refractivity contribution in [2.75, 3.05) is 13.8 Å². The summed E-state index contributed by atoms with van der Waals surface area (Å²) in [4.78, 5) is 2.34. The van der Waals surface area contributed by atoms with Crippen LogP contribution in [0.2, 0.25) is 0 Å². The maximum atomic E-state index is 9.26. The van der Waals surface area contributed by atoms with Gasteiger partial charge < -0.3 is 9.50 Å². The molecule has 0 aromatic rings. The minimum atomic E-state index is 0.139. The Bertz CT molecular complexity index is 642. The molecule has 1 aliphatic carbocycles. The normalized spacial score (nSPS) is 40.6. The van der Waals surface area contributed by atoms with Crippen molar-refractivity contribution in [3.8, 4) is 6.07 Å². The van der Waals surface area contributed by atoms with E-state index in [-0.39, 0.29) is 23.2 Å². The van der Waals surface area contributed by atoms with E-state index in [0.29, 0.717) is 30.0 Å². The van der Waals surface area contributed by atoms with Crippen LogP contribution in [0.5, 0.6) is 0 Å². The van der Waals surface area contributed by atoms with Crippen molar-refractivity contribution in [3.05, 3.63) is 0 Å². The van der Waals surface area contributed by atoms with Crippen LogP contribution in [-0.2, 0) is 8.37 Å². The second-order valence-electron chi connectivity index (χ2n) is 10.8. The van der Waals surface area contributed by atoms with Gasteiger partial charge in [-0.3, -0.25) is 9.08 Å². The Morgan fingerprint density at radius 2 is 1.97 bits per heavy atom. The minimum absolute atomic E-state index is 0.139. The molecule has 4 aliphatic rings. The van der Waals surface area contributed by atoms with E-state index in [9.17, 15) is 5.26 Å². The van der Waals surface area contributed by atoms with Crippen LogP contribution in [0.25, 0.3) is 0 Å². The Balaban J connectivity index is 1.18. The summed E-state index contributed by atoms with van der Waals surface area (Å²) < 4.78 is 14.1. The van der Waals surface area contributed by atoms with Crippen LogP contribution >= 0.6 is 24.3 Å². The van der Waals surface area contributed by atoms with Crippen LogP contribution in [0, 0.1) is 23.2 Å². The molecule has 3 heterocycles. The first kappa shape index (κ1) is 23.1. The molecule has 2 N–H and O–H groups in total. The summed E-state index contributed by atoms with van der Waals surface area (Å²) in [7, 11) is 2.16. The fraction of sp³-hybridized carbons (Fsp3) is 0.952. The molecule has 3 saturated heterocycles. The SMILES string of the molecule is CN(COSN1NC1C1CC2CC(C#N)CCC2OS1)C1CC(C)(C)NC(C)(C)C1. The average molecular weight is 456 g/mol. The van der Waals surface area contributed by atoms with Crippen molar-refractivity contribution >= 4 is 24.3 Å². The van der Waals surface area contributed by atoms with E-state index < -0.39 is 0 Å². The molecule has 9 heteroatoms. The van der Waals surface area contributed by atoms with Crippen LogP contribution in [-0.4, -0.2) is 57.7 Å². The van der Waals surface area contributed by atoms with Gasteiger partial charge in [-0.05, 0) is 91.2 Å². The molecule has 0 spiro atoms. The first-order chi connectivity index (χ1) is 14.2. The standard InChI is InChI=1S/C21H37N5O2S2/c1-20(2)10-16(11-21(3,4)24-20)25(5)13-27-30-26-19(23-26)18-9-15-8-14(12-22)6-7-17(15)28-29-18/h14-19,23-24H,6-11,13H2,1-5H3. The molecule has 6 unspecified atom stereocenters. The molecular formula is C21H37N5O2S2. The third kappa shape index (κ3) is 5.65. The fourth-order valence-electron chi connectivity index (χ4n) is 5.64. The van der Waals surface area contributed by atoms with E-state index in [1.54, 1.807) is 12.0 Å². The lowest BCUT2D eigenvalue weighted by Gasteiger charge is -2.48. The van der Waals surface area contributed by atoms with E-state index in [2.05, 4.69) is 60.9 Å². The van der Waals surface area contributed by atoms with Crippen molar-refractivity contribution in [2.45, 2.75) is 101 Å². The average Bonchev–Trinajstić information content (AvgIpc) is 3.44. The van der Waals surface area contributed by atoms with E-state index in [0.717, 1.165) is 38.5 Å². The maximum Gasteiger partial charge on any atom is 0.115 e. The number of hydrogen-bond acceptors (Lipinski definition) is 9. The zero-order valence-electron chi connectivity index (χ0n) is 18.9. The van der Waals surface area contributed by atoms with Crippen LogP contribution < -0.4 is 10.7 Å². The predicted molar refractivity (Wildman–Crippen MR) is 122 cm³/mol. The maximum absolute atomic E-state index is 9.26. The molecule has 0 aromatic heterocycles. The first-order valence-corrected chi connectivity index (χ1v) is 12.7. The quantitative estimate of drug-likeness (QED) is 0.270. The van der Waals surface area contributed by atoms with Crippen molar-refractivity contribution in [1.29, 1.82) is 5.26 Å². The fourth-order valence-corrected chi connectivity index (χ4v) is 7.59. The Kier molecular flexibility index (Phi) is 6.99. The Morgan fingerprint density at radius 3 is 2.67 bits per heavy atom. The predicted octanol–water partition coefficient (Wildman–Crippen LogP) is 3.66.